The van der Waals surface area contributed by atoms with Gasteiger partial charge in [-0.25, -0.2) is 8.42 Å². The number of rotatable bonds is 3. The van der Waals surface area contributed by atoms with Crippen molar-refractivity contribution in [3.8, 4) is 0 Å². The van der Waals surface area contributed by atoms with Gasteiger partial charge in [0.1, 0.15) is 5.52 Å². The SMILES string of the molecule is CC(c1ccccc1)S(=O)(=O)c1nc2cc(N)ccc2o1. The second-order valence-corrected chi connectivity index (χ2v) is 6.95. The summed E-state index contributed by atoms with van der Waals surface area (Å²) in [5, 5.41) is -1.01. The van der Waals surface area contributed by atoms with E-state index in [1.54, 1.807) is 49.4 Å². The fraction of sp³-hybridized carbons (Fsp3) is 0.133. The predicted octanol–water partition coefficient (Wildman–Crippen LogP) is 2.94. The van der Waals surface area contributed by atoms with Crippen LogP contribution in [-0.4, -0.2) is 13.4 Å². The van der Waals surface area contributed by atoms with Crippen LogP contribution in [0.25, 0.3) is 11.1 Å². The highest BCUT2D eigenvalue weighted by atomic mass is 32.2. The Labute approximate surface area is 122 Å². The van der Waals surface area contributed by atoms with Crippen molar-refractivity contribution in [3.05, 3.63) is 54.1 Å². The maximum Gasteiger partial charge on any atom is 0.316 e. The van der Waals surface area contributed by atoms with Crippen molar-refractivity contribution in [3.63, 3.8) is 0 Å². The summed E-state index contributed by atoms with van der Waals surface area (Å²) in [7, 11) is -3.69. The second kappa shape index (κ2) is 4.89. The van der Waals surface area contributed by atoms with Crippen LogP contribution in [0.3, 0.4) is 0 Å². The van der Waals surface area contributed by atoms with E-state index in [4.69, 9.17) is 10.2 Å². The van der Waals surface area contributed by atoms with Crippen LogP contribution in [0.15, 0.2) is 58.2 Å². The lowest BCUT2D eigenvalue weighted by Gasteiger charge is -2.09. The molecule has 108 valence electrons. The van der Waals surface area contributed by atoms with Gasteiger partial charge in [-0.15, -0.1) is 0 Å². The van der Waals surface area contributed by atoms with E-state index in [1.165, 1.54) is 0 Å². The molecule has 0 spiro atoms. The number of oxazole rings is 1. The summed E-state index contributed by atoms with van der Waals surface area (Å²) >= 11 is 0. The number of nitrogens with two attached hydrogens (primary N) is 1. The first-order chi connectivity index (χ1) is 9.98. The zero-order chi connectivity index (χ0) is 15.0. The number of fused-ring (bicyclic) bond motifs is 1. The minimum absolute atomic E-state index is 0.278. The van der Waals surface area contributed by atoms with Gasteiger partial charge in [0.05, 0.1) is 5.25 Å². The summed E-state index contributed by atoms with van der Waals surface area (Å²) in [6.07, 6.45) is 0. The average Bonchev–Trinajstić information content (AvgIpc) is 2.91. The maximum atomic E-state index is 12.6. The molecule has 1 unspecified atom stereocenters. The third-order valence-corrected chi connectivity index (χ3v) is 5.23. The maximum absolute atomic E-state index is 12.6. The molecule has 0 bridgehead atoms. The van der Waals surface area contributed by atoms with E-state index in [-0.39, 0.29) is 5.22 Å². The van der Waals surface area contributed by atoms with Crippen molar-refractivity contribution in [2.75, 3.05) is 5.73 Å². The van der Waals surface area contributed by atoms with E-state index < -0.39 is 15.1 Å². The first-order valence-corrected chi connectivity index (χ1v) is 7.98. The van der Waals surface area contributed by atoms with Crippen molar-refractivity contribution in [2.24, 2.45) is 0 Å². The molecule has 0 aliphatic rings. The fourth-order valence-electron chi connectivity index (χ4n) is 2.10. The number of sulfone groups is 1. The van der Waals surface area contributed by atoms with Crippen LogP contribution in [0, 0.1) is 0 Å². The smallest absolute Gasteiger partial charge is 0.316 e. The Hall–Kier alpha value is -2.34. The monoisotopic (exact) mass is 302 g/mol. The summed E-state index contributed by atoms with van der Waals surface area (Å²) in [6.45, 7) is 1.62. The topological polar surface area (TPSA) is 86.2 Å². The summed E-state index contributed by atoms with van der Waals surface area (Å²) in [4.78, 5) is 4.06. The molecule has 21 heavy (non-hydrogen) atoms. The zero-order valence-electron chi connectivity index (χ0n) is 11.4. The van der Waals surface area contributed by atoms with Crippen molar-refractivity contribution in [1.82, 2.24) is 4.98 Å². The van der Waals surface area contributed by atoms with Gasteiger partial charge in [-0.1, -0.05) is 30.3 Å². The van der Waals surface area contributed by atoms with Crippen LogP contribution in [0.5, 0.6) is 0 Å². The molecule has 3 aromatic rings. The fourth-order valence-corrected chi connectivity index (χ4v) is 3.35. The molecule has 0 saturated carbocycles. The third kappa shape index (κ3) is 2.38. The first kappa shape index (κ1) is 13.6. The Morgan fingerprint density at radius 2 is 1.86 bits per heavy atom. The number of nitrogens with zero attached hydrogens (tertiary/aromatic N) is 1. The lowest BCUT2D eigenvalue weighted by atomic mass is 10.2. The van der Waals surface area contributed by atoms with Crippen molar-refractivity contribution < 1.29 is 12.8 Å². The Kier molecular flexibility index (Phi) is 3.17. The van der Waals surface area contributed by atoms with E-state index in [1.807, 2.05) is 6.07 Å². The van der Waals surface area contributed by atoms with Gasteiger partial charge >= 0.3 is 5.22 Å². The van der Waals surface area contributed by atoms with Gasteiger partial charge in [-0.2, -0.15) is 4.98 Å². The average molecular weight is 302 g/mol. The van der Waals surface area contributed by atoms with E-state index in [2.05, 4.69) is 4.98 Å². The minimum atomic E-state index is -3.69. The van der Waals surface area contributed by atoms with E-state index in [0.29, 0.717) is 22.4 Å². The van der Waals surface area contributed by atoms with Crippen LogP contribution < -0.4 is 5.73 Å². The van der Waals surface area contributed by atoms with Gasteiger partial charge in [0.25, 0.3) is 0 Å². The largest absolute Gasteiger partial charge is 0.428 e. The Morgan fingerprint density at radius 3 is 2.57 bits per heavy atom. The van der Waals surface area contributed by atoms with Gasteiger partial charge in [0, 0.05) is 5.69 Å². The van der Waals surface area contributed by atoms with Crippen LogP contribution in [-0.2, 0) is 9.84 Å². The van der Waals surface area contributed by atoms with Crippen molar-refractivity contribution in [2.45, 2.75) is 17.4 Å². The molecule has 2 N–H and O–H groups in total. The van der Waals surface area contributed by atoms with Crippen LogP contribution in [0.4, 0.5) is 5.69 Å². The molecular weight excluding hydrogens is 288 g/mol. The number of nitrogen functional groups attached to an aromatic ring is 1. The van der Waals surface area contributed by atoms with Gasteiger partial charge in [0.15, 0.2) is 5.58 Å². The molecule has 0 aliphatic heterocycles. The standard InChI is InChI=1S/C15H14N2O3S/c1-10(11-5-3-2-4-6-11)21(18,19)15-17-13-9-12(16)7-8-14(13)20-15/h2-10H,16H2,1H3. The van der Waals surface area contributed by atoms with E-state index >= 15 is 0 Å². The van der Waals surface area contributed by atoms with Crippen LogP contribution in [0.1, 0.15) is 17.7 Å². The molecular formula is C15H14N2O3S. The molecule has 1 aromatic heterocycles. The Bertz CT molecular complexity index is 886. The Morgan fingerprint density at radius 1 is 1.14 bits per heavy atom. The molecule has 0 saturated heterocycles. The van der Waals surface area contributed by atoms with Gasteiger partial charge in [-0.3, -0.25) is 0 Å². The van der Waals surface area contributed by atoms with E-state index in [0.717, 1.165) is 0 Å². The molecule has 6 heteroatoms. The highest BCUT2D eigenvalue weighted by Gasteiger charge is 2.30. The number of hydrogen-bond donors (Lipinski definition) is 1. The molecule has 0 aliphatic carbocycles. The number of aromatic nitrogens is 1. The summed E-state index contributed by atoms with van der Waals surface area (Å²) in [5.74, 6) is 0. The van der Waals surface area contributed by atoms with Crippen LogP contribution in [0.2, 0.25) is 0 Å². The Balaban J connectivity index is 2.08. The van der Waals surface area contributed by atoms with E-state index in [9.17, 15) is 8.42 Å². The highest BCUT2D eigenvalue weighted by molar-refractivity contribution is 7.91. The van der Waals surface area contributed by atoms with Gasteiger partial charge in [-0.05, 0) is 30.7 Å². The molecule has 2 aromatic carbocycles. The minimum Gasteiger partial charge on any atom is -0.428 e. The lowest BCUT2D eigenvalue weighted by Crippen LogP contribution is -2.10. The number of benzene rings is 2. The quantitative estimate of drug-likeness (QED) is 0.752. The highest BCUT2D eigenvalue weighted by Crippen LogP contribution is 2.30. The number of anilines is 1. The first-order valence-electron chi connectivity index (χ1n) is 6.43. The van der Waals surface area contributed by atoms with Crippen molar-refractivity contribution >= 4 is 26.6 Å². The molecule has 0 fully saturated rings. The zero-order valence-corrected chi connectivity index (χ0v) is 12.2. The summed E-state index contributed by atoms with van der Waals surface area (Å²) < 4.78 is 30.6. The van der Waals surface area contributed by atoms with Gasteiger partial charge < -0.3 is 10.2 Å². The summed E-state index contributed by atoms with van der Waals surface area (Å²) in [5.41, 5.74) is 7.71. The second-order valence-electron chi connectivity index (χ2n) is 4.80. The third-order valence-electron chi connectivity index (χ3n) is 3.37. The van der Waals surface area contributed by atoms with Crippen LogP contribution >= 0.6 is 0 Å². The normalized spacial score (nSPS) is 13.4. The summed E-state index contributed by atoms with van der Waals surface area (Å²) in [6, 6.07) is 13.8. The molecule has 0 radical (unpaired) electrons. The molecule has 5 nitrogen and oxygen atoms in total. The van der Waals surface area contributed by atoms with Crippen molar-refractivity contribution in [1.29, 1.82) is 0 Å². The molecule has 3 rings (SSSR count). The number of hydrogen-bond acceptors (Lipinski definition) is 5. The predicted molar refractivity (Wildman–Crippen MR) is 80.5 cm³/mol. The molecule has 1 heterocycles. The van der Waals surface area contributed by atoms with Gasteiger partial charge in [0.2, 0.25) is 9.84 Å². The molecule has 1 atom stereocenters. The molecule has 0 amide bonds. The lowest BCUT2D eigenvalue weighted by molar-refractivity contribution is 0.454.